The van der Waals surface area contributed by atoms with Crippen LogP contribution >= 0.6 is 0 Å². The summed E-state index contributed by atoms with van der Waals surface area (Å²) in [6, 6.07) is 17.6. The van der Waals surface area contributed by atoms with E-state index in [0.717, 1.165) is 17.7 Å². The van der Waals surface area contributed by atoms with E-state index in [2.05, 4.69) is 10.6 Å². The minimum Gasteiger partial charge on any atom is -0.494 e. The van der Waals surface area contributed by atoms with Crippen molar-refractivity contribution in [3.05, 3.63) is 65.7 Å². The van der Waals surface area contributed by atoms with Crippen LogP contribution in [0.4, 0.5) is 4.79 Å². The number of ether oxygens (including phenoxy) is 1. The Bertz CT molecular complexity index is 567. The van der Waals surface area contributed by atoms with Crippen molar-refractivity contribution in [3.63, 3.8) is 0 Å². The fourth-order valence-electron chi connectivity index (χ4n) is 1.94. The smallest absolute Gasteiger partial charge is 0.315 e. The van der Waals surface area contributed by atoms with Gasteiger partial charge in [0.05, 0.1) is 6.61 Å². The molecule has 0 aliphatic rings. The molecule has 2 amide bonds. The Morgan fingerprint density at radius 3 is 2.45 bits per heavy atom. The van der Waals surface area contributed by atoms with E-state index in [1.165, 1.54) is 5.56 Å². The average Bonchev–Trinajstić information content (AvgIpc) is 2.55. The first-order chi connectivity index (χ1) is 10.7. The van der Waals surface area contributed by atoms with Crippen LogP contribution in [0, 0.1) is 6.92 Å². The van der Waals surface area contributed by atoms with Crippen molar-refractivity contribution in [3.8, 4) is 5.75 Å². The van der Waals surface area contributed by atoms with Crippen molar-refractivity contribution in [2.24, 2.45) is 0 Å². The van der Waals surface area contributed by atoms with Gasteiger partial charge in [0.25, 0.3) is 0 Å². The van der Waals surface area contributed by atoms with Crippen LogP contribution in [-0.4, -0.2) is 19.2 Å². The molecule has 0 bridgehead atoms. The summed E-state index contributed by atoms with van der Waals surface area (Å²) in [4.78, 5) is 11.6. The van der Waals surface area contributed by atoms with Gasteiger partial charge in [-0.2, -0.15) is 0 Å². The van der Waals surface area contributed by atoms with Gasteiger partial charge in [0.1, 0.15) is 5.75 Å². The molecule has 4 nitrogen and oxygen atoms in total. The zero-order valence-corrected chi connectivity index (χ0v) is 12.8. The summed E-state index contributed by atoms with van der Waals surface area (Å²) in [5.41, 5.74) is 2.30. The normalized spacial score (nSPS) is 10.0. The minimum atomic E-state index is -0.154. The number of urea groups is 1. The number of hydrogen-bond acceptors (Lipinski definition) is 2. The molecule has 22 heavy (non-hydrogen) atoms. The van der Waals surface area contributed by atoms with Crippen LogP contribution in [0.3, 0.4) is 0 Å². The molecule has 0 radical (unpaired) electrons. The molecule has 2 aromatic carbocycles. The lowest BCUT2D eigenvalue weighted by Gasteiger charge is -2.09. The highest BCUT2D eigenvalue weighted by Gasteiger charge is 1.99. The molecule has 0 saturated carbocycles. The lowest BCUT2D eigenvalue weighted by molar-refractivity contribution is 0.238. The molecule has 116 valence electrons. The standard InChI is InChI=1S/C18H22N2O2/c1-15-8-10-17(11-9-15)22-13-5-12-19-18(21)20-14-16-6-3-2-4-7-16/h2-4,6-11H,5,12-14H2,1H3,(H2,19,20,21). The number of hydrogen-bond donors (Lipinski definition) is 2. The Morgan fingerprint density at radius 2 is 1.73 bits per heavy atom. The number of rotatable bonds is 7. The van der Waals surface area contributed by atoms with Crippen LogP contribution in [0.5, 0.6) is 5.75 Å². The van der Waals surface area contributed by atoms with Gasteiger partial charge in [-0.15, -0.1) is 0 Å². The lowest BCUT2D eigenvalue weighted by atomic mass is 10.2. The summed E-state index contributed by atoms with van der Waals surface area (Å²) in [6.07, 6.45) is 0.770. The van der Waals surface area contributed by atoms with Gasteiger partial charge in [0.2, 0.25) is 0 Å². The van der Waals surface area contributed by atoms with E-state index in [4.69, 9.17) is 4.74 Å². The van der Waals surface area contributed by atoms with Gasteiger partial charge >= 0.3 is 6.03 Å². The summed E-state index contributed by atoms with van der Waals surface area (Å²) in [6.45, 7) is 3.75. The van der Waals surface area contributed by atoms with Gasteiger partial charge in [0.15, 0.2) is 0 Å². The number of nitrogens with one attached hydrogen (secondary N) is 2. The Balaban J connectivity index is 1.54. The molecule has 0 spiro atoms. The molecule has 0 heterocycles. The minimum absolute atomic E-state index is 0.154. The van der Waals surface area contributed by atoms with E-state index in [0.29, 0.717) is 19.7 Å². The second-order valence-electron chi connectivity index (χ2n) is 5.11. The highest BCUT2D eigenvalue weighted by Crippen LogP contribution is 2.11. The molecule has 2 aromatic rings. The second-order valence-corrected chi connectivity index (χ2v) is 5.11. The van der Waals surface area contributed by atoms with Gasteiger partial charge in [-0.1, -0.05) is 48.0 Å². The van der Waals surface area contributed by atoms with Crippen molar-refractivity contribution in [2.75, 3.05) is 13.2 Å². The number of benzene rings is 2. The third-order valence-corrected chi connectivity index (χ3v) is 3.19. The quantitative estimate of drug-likeness (QED) is 0.771. The Hall–Kier alpha value is -2.49. The van der Waals surface area contributed by atoms with Crippen LogP contribution < -0.4 is 15.4 Å². The molecule has 0 aliphatic heterocycles. The summed E-state index contributed by atoms with van der Waals surface area (Å²) < 4.78 is 5.60. The van der Waals surface area contributed by atoms with E-state index >= 15 is 0 Å². The van der Waals surface area contributed by atoms with Crippen molar-refractivity contribution in [1.82, 2.24) is 10.6 Å². The maximum absolute atomic E-state index is 11.6. The molecule has 0 aromatic heterocycles. The van der Waals surface area contributed by atoms with Crippen molar-refractivity contribution in [2.45, 2.75) is 19.9 Å². The van der Waals surface area contributed by atoms with Crippen molar-refractivity contribution >= 4 is 6.03 Å². The van der Waals surface area contributed by atoms with Gasteiger partial charge in [0, 0.05) is 13.1 Å². The maximum atomic E-state index is 11.6. The monoisotopic (exact) mass is 298 g/mol. The third-order valence-electron chi connectivity index (χ3n) is 3.19. The Labute approximate surface area is 131 Å². The molecule has 0 saturated heterocycles. The van der Waals surface area contributed by atoms with E-state index in [9.17, 15) is 4.79 Å². The molecular formula is C18H22N2O2. The lowest BCUT2D eigenvalue weighted by Crippen LogP contribution is -2.35. The van der Waals surface area contributed by atoms with E-state index in [1.807, 2.05) is 61.5 Å². The number of amides is 2. The predicted molar refractivity (Wildman–Crippen MR) is 88.0 cm³/mol. The van der Waals surface area contributed by atoms with E-state index < -0.39 is 0 Å². The van der Waals surface area contributed by atoms with E-state index in [1.54, 1.807) is 0 Å². The molecule has 0 atom stereocenters. The SMILES string of the molecule is Cc1ccc(OCCCNC(=O)NCc2ccccc2)cc1. The molecule has 4 heteroatoms. The van der Waals surface area contributed by atoms with Crippen LogP contribution in [0.15, 0.2) is 54.6 Å². The second kappa shape index (κ2) is 8.72. The fraction of sp³-hybridized carbons (Fsp3) is 0.278. The van der Waals surface area contributed by atoms with E-state index in [-0.39, 0.29) is 6.03 Å². The molecular weight excluding hydrogens is 276 g/mol. The maximum Gasteiger partial charge on any atom is 0.315 e. The van der Waals surface area contributed by atoms with Gasteiger partial charge in [-0.05, 0) is 31.0 Å². The first-order valence-electron chi connectivity index (χ1n) is 7.49. The molecule has 0 unspecified atom stereocenters. The van der Waals surface area contributed by atoms with Gasteiger partial charge in [-0.25, -0.2) is 4.79 Å². The molecule has 2 rings (SSSR count). The van der Waals surface area contributed by atoms with Crippen LogP contribution in [-0.2, 0) is 6.54 Å². The Kier molecular flexibility index (Phi) is 6.30. The van der Waals surface area contributed by atoms with Crippen LogP contribution in [0.1, 0.15) is 17.5 Å². The summed E-state index contributed by atoms with van der Waals surface area (Å²) in [5.74, 6) is 0.860. The average molecular weight is 298 g/mol. The number of aryl methyl sites for hydroxylation is 1. The van der Waals surface area contributed by atoms with Crippen molar-refractivity contribution < 1.29 is 9.53 Å². The number of carbonyl (C=O) groups excluding carboxylic acids is 1. The zero-order chi connectivity index (χ0) is 15.6. The molecule has 0 fully saturated rings. The first kappa shape index (κ1) is 15.9. The van der Waals surface area contributed by atoms with Gasteiger partial charge < -0.3 is 15.4 Å². The third kappa shape index (κ3) is 5.87. The molecule has 0 aliphatic carbocycles. The topological polar surface area (TPSA) is 50.4 Å². The summed E-state index contributed by atoms with van der Waals surface area (Å²) in [7, 11) is 0. The fourth-order valence-corrected chi connectivity index (χ4v) is 1.94. The predicted octanol–water partition coefficient (Wildman–Crippen LogP) is 3.26. The zero-order valence-electron chi connectivity index (χ0n) is 12.8. The van der Waals surface area contributed by atoms with Crippen LogP contribution in [0.2, 0.25) is 0 Å². The highest BCUT2D eigenvalue weighted by atomic mass is 16.5. The Morgan fingerprint density at radius 1 is 1.00 bits per heavy atom. The number of carbonyl (C=O) groups is 1. The summed E-state index contributed by atoms with van der Waals surface area (Å²) in [5, 5.41) is 5.64. The molecule has 2 N–H and O–H groups in total. The largest absolute Gasteiger partial charge is 0.494 e. The van der Waals surface area contributed by atoms with Crippen LogP contribution in [0.25, 0.3) is 0 Å². The van der Waals surface area contributed by atoms with Crippen molar-refractivity contribution in [1.29, 1.82) is 0 Å². The first-order valence-corrected chi connectivity index (χ1v) is 7.49. The highest BCUT2D eigenvalue weighted by molar-refractivity contribution is 5.73. The van der Waals surface area contributed by atoms with Gasteiger partial charge in [-0.3, -0.25) is 0 Å². The summed E-state index contributed by atoms with van der Waals surface area (Å²) >= 11 is 0.